The van der Waals surface area contributed by atoms with Crippen molar-refractivity contribution in [3.8, 4) is 0 Å². The first-order valence-electron chi connectivity index (χ1n) is 6.49. The molecule has 0 aliphatic heterocycles. The van der Waals surface area contributed by atoms with Crippen LogP contribution in [0.25, 0.3) is 0 Å². The lowest BCUT2D eigenvalue weighted by atomic mass is 9.81. The zero-order chi connectivity index (χ0) is 12.5. The van der Waals surface area contributed by atoms with Crippen molar-refractivity contribution in [2.24, 2.45) is 0 Å². The fourth-order valence-electron chi connectivity index (χ4n) is 2.93. The van der Waals surface area contributed by atoms with Crippen LogP contribution in [0.1, 0.15) is 35.4 Å². The number of hydrogen-bond donors (Lipinski definition) is 1. The number of allylic oxidation sites excluding steroid dienone is 4. The zero-order valence-electron chi connectivity index (χ0n) is 10.2. The largest absolute Gasteiger partial charge is 0.504 e. The monoisotopic (exact) mass is 240 g/mol. The van der Waals surface area contributed by atoms with Crippen molar-refractivity contribution < 1.29 is 9.90 Å². The Morgan fingerprint density at radius 1 is 1.17 bits per heavy atom. The first kappa shape index (κ1) is 11.3. The Morgan fingerprint density at radius 3 is 2.89 bits per heavy atom. The molecule has 0 radical (unpaired) electrons. The molecule has 2 aliphatic rings. The van der Waals surface area contributed by atoms with Crippen LogP contribution in [0, 0.1) is 0 Å². The highest BCUT2D eigenvalue weighted by Crippen LogP contribution is 2.32. The standard InChI is InChI=1S/C16H16O2/c17-15-10-4-9-14(16(15)18)13-8-3-6-11-5-1-2-7-12(11)13/h3-4,6,8-10,14,17H,1-2,5,7H2. The predicted octanol–water partition coefficient (Wildman–Crippen LogP) is 3.23. The average Bonchev–Trinajstić information content (AvgIpc) is 2.41. The maximum Gasteiger partial charge on any atom is 0.208 e. The molecule has 2 heteroatoms. The van der Waals surface area contributed by atoms with E-state index in [-0.39, 0.29) is 17.5 Å². The van der Waals surface area contributed by atoms with Gasteiger partial charge in [-0.2, -0.15) is 0 Å². The highest BCUT2D eigenvalue weighted by molar-refractivity contribution is 6.01. The first-order chi connectivity index (χ1) is 8.77. The molecule has 0 fully saturated rings. The number of fused-ring (bicyclic) bond motifs is 1. The highest BCUT2D eigenvalue weighted by Gasteiger charge is 2.26. The number of rotatable bonds is 1. The predicted molar refractivity (Wildman–Crippen MR) is 70.7 cm³/mol. The topological polar surface area (TPSA) is 37.3 Å². The van der Waals surface area contributed by atoms with E-state index in [9.17, 15) is 9.90 Å². The Labute approximate surface area is 107 Å². The Bertz CT molecular complexity index is 552. The van der Waals surface area contributed by atoms with Gasteiger partial charge in [0, 0.05) is 0 Å². The molecule has 0 spiro atoms. The van der Waals surface area contributed by atoms with Gasteiger partial charge in [0.15, 0.2) is 5.76 Å². The number of benzene rings is 1. The lowest BCUT2D eigenvalue weighted by Gasteiger charge is -2.23. The molecule has 0 aromatic heterocycles. The number of aliphatic hydroxyl groups excluding tert-OH is 1. The molecule has 1 aromatic carbocycles. The van der Waals surface area contributed by atoms with Crippen LogP contribution in [0.4, 0.5) is 0 Å². The van der Waals surface area contributed by atoms with Crippen molar-refractivity contribution in [2.75, 3.05) is 0 Å². The number of aliphatic hydroxyl groups is 1. The molecule has 92 valence electrons. The Hall–Kier alpha value is -1.83. The fourth-order valence-corrected chi connectivity index (χ4v) is 2.93. The van der Waals surface area contributed by atoms with Gasteiger partial charge in [0.1, 0.15) is 0 Å². The molecule has 1 atom stereocenters. The van der Waals surface area contributed by atoms with E-state index in [1.165, 1.54) is 30.0 Å². The summed E-state index contributed by atoms with van der Waals surface area (Å²) >= 11 is 0. The van der Waals surface area contributed by atoms with Gasteiger partial charge in [-0.05, 0) is 48.4 Å². The second-order valence-corrected chi connectivity index (χ2v) is 4.97. The quantitative estimate of drug-likeness (QED) is 0.818. The summed E-state index contributed by atoms with van der Waals surface area (Å²) in [7, 11) is 0. The zero-order valence-corrected chi connectivity index (χ0v) is 10.2. The van der Waals surface area contributed by atoms with Crippen molar-refractivity contribution in [1.29, 1.82) is 0 Å². The van der Waals surface area contributed by atoms with Crippen LogP contribution < -0.4 is 0 Å². The second-order valence-electron chi connectivity index (χ2n) is 4.97. The summed E-state index contributed by atoms with van der Waals surface area (Å²) in [4.78, 5) is 12.0. The molecule has 0 amide bonds. The summed E-state index contributed by atoms with van der Waals surface area (Å²) in [5, 5.41) is 9.57. The van der Waals surface area contributed by atoms with Gasteiger partial charge in [-0.15, -0.1) is 0 Å². The molecule has 0 saturated carbocycles. The normalized spacial score (nSPS) is 22.6. The van der Waals surface area contributed by atoms with Crippen LogP contribution in [0.5, 0.6) is 0 Å². The number of Topliss-reactive ketones (excluding diaryl/α,β-unsaturated/α-hetero) is 1. The van der Waals surface area contributed by atoms with E-state index in [1.54, 1.807) is 6.08 Å². The highest BCUT2D eigenvalue weighted by atomic mass is 16.3. The van der Waals surface area contributed by atoms with Crippen molar-refractivity contribution >= 4 is 5.78 Å². The fraction of sp³-hybridized carbons (Fsp3) is 0.312. The Morgan fingerprint density at radius 2 is 2.00 bits per heavy atom. The van der Waals surface area contributed by atoms with Crippen LogP contribution in [0.15, 0.2) is 42.2 Å². The third kappa shape index (κ3) is 1.78. The number of hydrogen-bond acceptors (Lipinski definition) is 2. The molecular weight excluding hydrogens is 224 g/mol. The number of carbonyl (C=O) groups is 1. The molecule has 2 aliphatic carbocycles. The van der Waals surface area contributed by atoms with Gasteiger partial charge >= 0.3 is 0 Å². The summed E-state index contributed by atoms with van der Waals surface area (Å²) in [6.45, 7) is 0. The maximum absolute atomic E-state index is 12.0. The van der Waals surface area contributed by atoms with Crippen molar-refractivity contribution in [3.05, 3.63) is 58.9 Å². The summed E-state index contributed by atoms with van der Waals surface area (Å²) in [5.41, 5.74) is 3.77. The first-order valence-corrected chi connectivity index (χ1v) is 6.49. The summed E-state index contributed by atoms with van der Waals surface area (Å²) in [5.74, 6) is -0.615. The Kier molecular flexibility index (Phi) is 2.78. The minimum Gasteiger partial charge on any atom is -0.504 e. The van der Waals surface area contributed by atoms with Crippen molar-refractivity contribution in [1.82, 2.24) is 0 Å². The van der Waals surface area contributed by atoms with Gasteiger partial charge in [0.25, 0.3) is 0 Å². The Balaban J connectivity index is 2.05. The van der Waals surface area contributed by atoms with E-state index < -0.39 is 0 Å². The van der Waals surface area contributed by atoms with E-state index in [0.29, 0.717) is 0 Å². The van der Waals surface area contributed by atoms with E-state index in [1.807, 2.05) is 18.2 Å². The van der Waals surface area contributed by atoms with Crippen LogP contribution in [0.3, 0.4) is 0 Å². The lowest BCUT2D eigenvalue weighted by Crippen LogP contribution is -2.18. The number of carbonyl (C=O) groups excluding carboxylic acids is 1. The minimum absolute atomic E-state index is 0.129. The smallest absolute Gasteiger partial charge is 0.208 e. The lowest BCUT2D eigenvalue weighted by molar-refractivity contribution is -0.118. The molecule has 18 heavy (non-hydrogen) atoms. The van der Waals surface area contributed by atoms with Crippen LogP contribution in [-0.4, -0.2) is 10.9 Å². The molecule has 1 N–H and O–H groups in total. The molecule has 0 heterocycles. The summed E-state index contributed by atoms with van der Waals surface area (Å²) in [6.07, 6.45) is 9.69. The summed E-state index contributed by atoms with van der Waals surface area (Å²) in [6, 6.07) is 6.20. The minimum atomic E-state index is -0.303. The molecular formula is C16H16O2. The second kappa shape index (κ2) is 4.45. The van der Waals surface area contributed by atoms with E-state index in [4.69, 9.17) is 0 Å². The molecule has 0 bridgehead atoms. The van der Waals surface area contributed by atoms with Gasteiger partial charge in [0.2, 0.25) is 5.78 Å². The van der Waals surface area contributed by atoms with E-state index in [0.717, 1.165) is 18.4 Å². The van der Waals surface area contributed by atoms with Gasteiger partial charge in [-0.1, -0.05) is 30.4 Å². The van der Waals surface area contributed by atoms with Crippen LogP contribution >= 0.6 is 0 Å². The molecule has 3 rings (SSSR count). The number of aryl methyl sites for hydroxylation is 1. The summed E-state index contributed by atoms with van der Waals surface area (Å²) < 4.78 is 0. The third-order valence-electron chi connectivity index (χ3n) is 3.86. The molecule has 2 nitrogen and oxygen atoms in total. The van der Waals surface area contributed by atoms with E-state index >= 15 is 0 Å². The molecule has 0 saturated heterocycles. The van der Waals surface area contributed by atoms with Gasteiger partial charge in [-0.25, -0.2) is 0 Å². The molecule has 1 aromatic rings. The van der Waals surface area contributed by atoms with E-state index in [2.05, 4.69) is 6.07 Å². The number of ketones is 1. The van der Waals surface area contributed by atoms with Gasteiger partial charge in [0.05, 0.1) is 5.92 Å². The maximum atomic E-state index is 12.0. The van der Waals surface area contributed by atoms with Gasteiger partial charge in [-0.3, -0.25) is 4.79 Å². The van der Waals surface area contributed by atoms with Crippen molar-refractivity contribution in [2.45, 2.75) is 31.6 Å². The SMILES string of the molecule is O=C1C(O)=CC=CC1c1cccc2c1CCCC2. The van der Waals surface area contributed by atoms with Gasteiger partial charge < -0.3 is 5.11 Å². The van der Waals surface area contributed by atoms with Crippen molar-refractivity contribution in [3.63, 3.8) is 0 Å². The average molecular weight is 240 g/mol. The van der Waals surface area contributed by atoms with Crippen LogP contribution in [-0.2, 0) is 17.6 Å². The van der Waals surface area contributed by atoms with Crippen LogP contribution in [0.2, 0.25) is 0 Å². The molecule has 1 unspecified atom stereocenters. The third-order valence-corrected chi connectivity index (χ3v) is 3.86.